The summed E-state index contributed by atoms with van der Waals surface area (Å²) in [5.74, 6) is 0. The molecule has 0 radical (unpaired) electrons. The van der Waals surface area contributed by atoms with Crippen molar-refractivity contribution in [2.45, 2.75) is 38.8 Å². The normalized spacial score (nSPS) is 13.7. The van der Waals surface area contributed by atoms with E-state index in [4.69, 9.17) is 5.11 Å². The second-order valence-corrected chi connectivity index (χ2v) is 4.24. The Morgan fingerprint density at radius 3 is 2.61 bits per heavy atom. The van der Waals surface area contributed by atoms with Crippen LogP contribution in [0.1, 0.15) is 38.3 Å². The van der Waals surface area contributed by atoms with Crippen molar-refractivity contribution < 1.29 is 9.90 Å². The molecule has 18 heavy (non-hydrogen) atoms. The van der Waals surface area contributed by atoms with Crippen LogP contribution in [0.5, 0.6) is 0 Å². The SMILES string of the molecule is CCC(CCO)NC(=O)NC(C)c1ccncc1. The third-order valence-corrected chi connectivity index (χ3v) is 2.86. The lowest BCUT2D eigenvalue weighted by Crippen LogP contribution is -2.43. The van der Waals surface area contributed by atoms with E-state index in [0.29, 0.717) is 6.42 Å². The summed E-state index contributed by atoms with van der Waals surface area (Å²) in [5.41, 5.74) is 1.01. The largest absolute Gasteiger partial charge is 0.396 e. The van der Waals surface area contributed by atoms with Crippen LogP contribution in [0.3, 0.4) is 0 Å². The summed E-state index contributed by atoms with van der Waals surface area (Å²) >= 11 is 0. The standard InChI is InChI=1S/C13H21N3O2/c1-3-12(6-9-17)16-13(18)15-10(2)11-4-7-14-8-5-11/h4-5,7-8,10,12,17H,3,6,9H2,1-2H3,(H2,15,16,18). The van der Waals surface area contributed by atoms with Crippen molar-refractivity contribution in [2.75, 3.05) is 6.61 Å². The molecular formula is C13H21N3O2. The number of aliphatic hydroxyl groups is 1. The average Bonchev–Trinajstić information content (AvgIpc) is 2.39. The fraction of sp³-hybridized carbons (Fsp3) is 0.538. The van der Waals surface area contributed by atoms with E-state index >= 15 is 0 Å². The van der Waals surface area contributed by atoms with Gasteiger partial charge in [0.05, 0.1) is 6.04 Å². The van der Waals surface area contributed by atoms with Gasteiger partial charge in [0.1, 0.15) is 0 Å². The van der Waals surface area contributed by atoms with Gasteiger partial charge < -0.3 is 15.7 Å². The maximum absolute atomic E-state index is 11.8. The van der Waals surface area contributed by atoms with Gasteiger partial charge in [0.2, 0.25) is 0 Å². The summed E-state index contributed by atoms with van der Waals surface area (Å²) in [6, 6.07) is 3.48. The number of nitrogens with one attached hydrogen (secondary N) is 2. The average molecular weight is 251 g/mol. The van der Waals surface area contributed by atoms with E-state index in [2.05, 4.69) is 15.6 Å². The van der Waals surface area contributed by atoms with Gasteiger partial charge in [-0.3, -0.25) is 4.98 Å². The number of aromatic nitrogens is 1. The van der Waals surface area contributed by atoms with Gasteiger partial charge >= 0.3 is 6.03 Å². The van der Waals surface area contributed by atoms with Crippen molar-refractivity contribution in [3.05, 3.63) is 30.1 Å². The Balaban J connectivity index is 2.44. The van der Waals surface area contributed by atoms with E-state index in [-0.39, 0.29) is 24.7 Å². The highest BCUT2D eigenvalue weighted by atomic mass is 16.3. The summed E-state index contributed by atoms with van der Waals surface area (Å²) in [4.78, 5) is 15.7. The first-order chi connectivity index (χ1) is 8.67. The molecule has 0 aliphatic carbocycles. The molecule has 0 aliphatic rings. The summed E-state index contributed by atoms with van der Waals surface area (Å²) < 4.78 is 0. The van der Waals surface area contributed by atoms with Gasteiger partial charge in [0, 0.05) is 25.0 Å². The van der Waals surface area contributed by atoms with Gasteiger partial charge in [-0.05, 0) is 37.5 Å². The fourth-order valence-corrected chi connectivity index (χ4v) is 1.69. The predicted molar refractivity (Wildman–Crippen MR) is 70.1 cm³/mol. The van der Waals surface area contributed by atoms with Crippen molar-refractivity contribution in [3.8, 4) is 0 Å². The molecule has 0 aliphatic heterocycles. The Hall–Kier alpha value is -1.62. The fourth-order valence-electron chi connectivity index (χ4n) is 1.69. The Labute approximate surface area is 108 Å². The van der Waals surface area contributed by atoms with Gasteiger partial charge in [-0.15, -0.1) is 0 Å². The molecule has 5 heteroatoms. The van der Waals surface area contributed by atoms with Crippen LogP contribution < -0.4 is 10.6 Å². The molecule has 0 aromatic carbocycles. The van der Waals surface area contributed by atoms with Crippen molar-refractivity contribution in [1.29, 1.82) is 0 Å². The smallest absolute Gasteiger partial charge is 0.315 e. The molecular weight excluding hydrogens is 230 g/mol. The van der Waals surface area contributed by atoms with Crippen molar-refractivity contribution >= 4 is 6.03 Å². The van der Waals surface area contributed by atoms with Crippen LogP contribution in [0.25, 0.3) is 0 Å². The Bertz CT molecular complexity index is 357. The topological polar surface area (TPSA) is 74.2 Å². The van der Waals surface area contributed by atoms with E-state index in [0.717, 1.165) is 12.0 Å². The lowest BCUT2D eigenvalue weighted by atomic mass is 10.1. The minimum absolute atomic E-state index is 0.0136. The number of rotatable bonds is 6. The number of urea groups is 1. The molecule has 1 rings (SSSR count). The van der Waals surface area contributed by atoms with E-state index in [9.17, 15) is 4.79 Å². The molecule has 100 valence electrons. The molecule has 5 nitrogen and oxygen atoms in total. The van der Waals surface area contributed by atoms with E-state index < -0.39 is 0 Å². The minimum atomic E-state index is -0.209. The molecule has 3 N–H and O–H groups in total. The van der Waals surface area contributed by atoms with Crippen LogP contribution in [-0.4, -0.2) is 28.8 Å². The van der Waals surface area contributed by atoms with E-state index in [1.165, 1.54) is 0 Å². The summed E-state index contributed by atoms with van der Waals surface area (Å²) in [7, 11) is 0. The van der Waals surface area contributed by atoms with Gasteiger partial charge in [-0.2, -0.15) is 0 Å². The lowest BCUT2D eigenvalue weighted by molar-refractivity contribution is 0.225. The van der Waals surface area contributed by atoms with Crippen molar-refractivity contribution in [3.63, 3.8) is 0 Å². The second-order valence-electron chi connectivity index (χ2n) is 4.24. The van der Waals surface area contributed by atoms with Gasteiger partial charge in [0.25, 0.3) is 0 Å². The number of carbonyl (C=O) groups is 1. The zero-order valence-electron chi connectivity index (χ0n) is 10.9. The monoisotopic (exact) mass is 251 g/mol. The van der Waals surface area contributed by atoms with Crippen LogP contribution in [0.4, 0.5) is 4.79 Å². The molecule has 0 spiro atoms. The number of amides is 2. The molecule has 1 heterocycles. The van der Waals surface area contributed by atoms with E-state index in [1.807, 2.05) is 26.0 Å². The van der Waals surface area contributed by atoms with Crippen LogP contribution in [-0.2, 0) is 0 Å². The maximum atomic E-state index is 11.8. The molecule has 1 aromatic heterocycles. The first-order valence-corrected chi connectivity index (χ1v) is 6.25. The van der Waals surface area contributed by atoms with Gasteiger partial charge in [-0.25, -0.2) is 4.79 Å². The summed E-state index contributed by atoms with van der Waals surface area (Å²) in [6.07, 6.45) is 4.78. The number of pyridine rings is 1. The molecule has 2 unspecified atom stereocenters. The van der Waals surface area contributed by atoms with Crippen LogP contribution >= 0.6 is 0 Å². The van der Waals surface area contributed by atoms with Gasteiger partial charge in [0.15, 0.2) is 0 Å². The molecule has 2 atom stereocenters. The highest BCUT2D eigenvalue weighted by Gasteiger charge is 2.12. The first-order valence-electron chi connectivity index (χ1n) is 6.25. The highest BCUT2D eigenvalue weighted by Crippen LogP contribution is 2.09. The first kappa shape index (κ1) is 14.4. The maximum Gasteiger partial charge on any atom is 0.315 e. The molecule has 0 saturated heterocycles. The Morgan fingerprint density at radius 1 is 1.39 bits per heavy atom. The number of hydrogen-bond donors (Lipinski definition) is 3. The Morgan fingerprint density at radius 2 is 2.06 bits per heavy atom. The highest BCUT2D eigenvalue weighted by molar-refractivity contribution is 5.74. The minimum Gasteiger partial charge on any atom is -0.396 e. The quantitative estimate of drug-likeness (QED) is 0.719. The van der Waals surface area contributed by atoms with Gasteiger partial charge in [-0.1, -0.05) is 6.92 Å². The molecule has 0 fully saturated rings. The number of hydrogen-bond acceptors (Lipinski definition) is 3. The molecule has 1 aromatic rings. The zero-order chi connectivity index (χ0) is 13.4. The molecule has 2 amide bonds. The zero-order valence-corrected chi connectivity index (χ0v) is 10.9. The second kappa shape index (κ2) is 7.66. The van der Waals surface area contributed by atoms with Crippen LogP contribution in [0.15, 0.2) is 24.5 Å². The number of carbonyl (C=O) groups excluding carboxylic acids is 1. The number of nitrogens with zero attached hydrogens (tertiary/aromatic N) is 1. The number of aliphatic hydroxyl groups excluding tert-OH is 1. The third-order valence-electron chi connectivity index (χ3n) is 2.86. The summed E-state index contributed by atoms with van der Waals surface area (Å²) in [5, 5.41) is 14.6. The molecule has 0 saturated carbocycles. The van der Waals surface area contributed by atoms with E-state index in [1.54, 1.807) is 12.4 Å². The summed E-state index contributed by atoms with van der Waals surface area (Å²) in [6.45, 7) is 3.98. The van der Waals surface area contributed by atoms with Crippen molar-refractivity contribution in [2.24, 2.45) is 0 Å². The third kappa shape index (κ3) is 4.71. The Kier molecular flexibility index (Phi) is 6.14. The molecule has 0 bridgehead atoms. The van der Waals surface area contributed by atoms with Crippen molar-refractivity contribution in [1.82, 2.24) is 15.6 Å². The van der Waals surface area contributed by atoms with Crippen LogP contribution in [0, 0.1) is 0 Å². The predicted octanol–water partition coefficient (Wildman–Crippen LogP) is 1.60. The van der Waals surface area contributed by atoms with Crippen LogP contribution in [0.2, 0.25) is 0 Å². The lowest BCUT2D eigenvalue weighted by Gasteiger charge is -2.19.